The van der Waals surface area contributed by atoms with Crippen LogP contribution in [0.3, 0.4) is 0 Å². The molecule has 0 saturated carbocycles. The van der Waals surface area contributed by atoms with Crippen LogP contribution in [0.1, 0.15) is 28.3 Å². The Morgan fingerprint density at radius 3 is 2.48 bits per heavy atom. The van der Waals surface area contributed by atoms with E-state index in [1.165, 1.54) is 16.0 Å². The molecular weight excluding hydrogens is 330 g/mol. The molecule has 1 aliphatic heterocycles. The van der Waals surface area contributed by atoms with E-state index in [4.69, 9.17) is 4.74 Å². The second-order valence-electron chi connectivity index (χ2n) is 6.33. The number of aryl methyl sites for hydroxylation is 1. The Balaban J connectivity index is 1.76. The van der Waals surface area contributed by atoms with E-state index in [2.05, 4.69) is 41.9 Å². The molecule has 2 aromatic carbocycles. The number of nitrogens with one attached hydrogen (secondary N) is 1. The third kappa shape index (κ3) is 2.94. The van der Waals surface area contributed by atoms with Crippen LogP contribution in [-0.4, -0.2) is 13.0 Å². The van der Waals surface area contributed by atoms with E-state index in [0.29, 0.717) is 6.42 Å². The molecule has 126 valence electrons. The van der Waals surface area contributed by atoms with Gasteiger partial charge in [0.15, 0.2) is 0 Å². The van der Waals surface area contributed by atoms with Crippen LogP contribution < -0.4 is 10.1 Å². The van der Waals surface area contributed by atoms with E-state index in [-0.39, 0.29) is 11.8 Å². The highest BCUT2D eigenvalue weighted by Crippen LogP contribution is 2.46. The van der Waals surface area contributed by atoms with Gasteiger partial charge in [-0.05, 0) is 30.2 Å². The van der Waals surface area contributed by atoms with Crippen molar-refractivity contribution in [3.8, 4) is 16.9 Å². The molecule has 0 bridgehead atoms. The molecular formula is C21H19NO2S. The topological polar surface area (TPSA) is 38.3 Å². The Hall–Kier alpha value is -2.59. The number of fused-ring (bicyclic) bond motifs is 1. The highest BCUT2D eigenvalue weighted by molar-refractivity contribution is 7.11. The average molecular weight is 349 g/mol. The Kier molecular flexibility index (Phi) is 4.06. The summed E-state index contributed by atoms with van der Waals surface area (Å²) in [6.07, 6.45) is 0.499. The van der Waals surface area contributed by atoms with Crippen molar-refractivity contribution in [2.24, 2.45) is 0 Å². The maximum atomic E-state index is 12.3. The molecule has 1 aromatic heterocycles. The van der Waals surface area contributed by atoms with Crippen LogP contribution in [0.2, 0.25) is 0 Å². The second kappa shape index (κ2) is 6.37. The molecule has 0 fully saturated rings. The van der Waals surface area contributed by atoms with E-state index in [1.54, 1.807) is 18.4 Å². The molecule has 2 heterocycles. The first kappa shape index (κ1) is 15.9. The zero-order chi connectivity index (χ0) is 17.4. The van der Waals surface area contributed by atoms with Crippen molar-refractivity contribution in [2.45, 2.75) is 19.3 Å². The summed E-state index contributed by atoms with van der Waals surface area (Å²) in [5.74, 6) is 1.03. The molecule has 1 N–H and O–H groups in total. The number of anilines is 1. The van der Waals surface area contributed by atoms with E-state index in [9.17, 15) is 4.79 Å². The molecule has 25 heavy (non-hydrogen) atoms. The smallest absolute Gasteiger partial charge is 0.225 e. The maximum absolute atomic E-state index is 12.3. The number of methoxy groups -OCH3 is 1. The van der Waals surface area contributed by atoms with Crippen LogP contribution in [-0.2, 0) is 4.79 Å². The molecule has 0 radical (unpaired) electrons. The van der Waals surface area contributed by atoms with Gasteiger partial charge in [-0.3, -0.25) is 4.79 Å². The normalized spacial score (nSPS) is 16.2. The van der Waals surface area contributed by atoms with E-state index in [1.807, 2.05) is 24.3 Å². The molecule has 4 heteroatoms. The highest BCUT2D eigenvalue weighted by atomic mass is 32.1. The van der Waals surface area contributed by atoms with Gasteiger partial charge in [0.25, 0.3) is 0 Å². The van der Waals surface area contributed by atoms with Gasteiger partial charge in [-0.25, -0.2) is 0 Å². The zero-order valence-corrected chi connectivity index (χ0v) is 15.0. The second-order valence-corrected chi connectivity index (χ2v) is 7.24. The third-order valence-electron chi connectivity index (χ3n) is 4.67. The molecule has 4 rings (SSSR count). The van der Waals surface area contributed by atoms with Crippen molar-refractivity contribution in [3.63, 3.8) is 0 Å². The lowest BCUT2D eigenvalue weighted by atomic mass is 9.89. The summed E-state index contributed by atoms with van der Waals surface area (Å²) in [7, 11) is 1.66. The van der Waals surface area contributed by atoms with Crippen molar-refractivity contribution in [1.82, 2.24) is 0 Å². The van der Waals surface area contributed by atoms with Crippen molar-refractivity contribution in [3.05, 3.63) is 69.9 Å². The van der Waals surface area contributed by atoms with Crippen LogP contribution in [0, 0.1) is 6.92 Å². The Labute approximate surface area is 151 Å². The number of rotatable bonds is 3. The molecule has 0 spiro atoms. The number of benzene rings is 2. The third-order valence-corrected chi connectivity index (χ3v) is 5.77. The lowest BCUT2D eigenvalue weighted by Gasteiger charge is -2.24. The van der Waals surface area contributed by atoms with E-state index < -0.39 is 0 Å². The largest absolute Gasteiger partial charge is 0.497 e. The Morgan fingerprint density at radius 2 is 1.80 bits per heavy atom. The predicted molar refractivity (Wildman–Crippen MR) is 103 cm³/mol. The summed E-state index contributed by atoms with van der Waals surface area (Å²) in [5.41, 5.74) is 5.55. The SMILES string of the molecule is COc1ccc(-c2csc3c2NC(=O)C[C@@H]3c2ccc(C)cc2)cc1. The minimum Gasteiger partial charge on any atom is -0.497 e. The molecule has 3 aromatic rings. The van der Waals surface area contributed by atoms with Gasteiger partial charge in [-0.1, -0.05) is 42.0 Å². The van der Waals surface area contributed by atoms with Crippen LogP contribution in [0.25, 0.3) is 11.1 Å². The minimum absolute atomic E-state index is 0.0752. The van der Waals surface area contributed by atoms with Gasteiger partial charge >= 0.3 is 0 Å². The molecule has 3 nitrogen and oxygen atoms in total. The summed E-state index contributed by atoms with van der Waals surface area (Å²) in [6, 6.07) is 16.4. The fraction of sp³-hybridized carbons (Fsp3) is 0.190. The van der Waals surface area contributed by atoms with Crippen LogP contribution in [0.5, 0.6) is 5.75 Å². The first-order chi connectivity index (χ1) is 12.2. The number of ether oxygens (including phenoxy) is 1. The standard InChI is InChI=1S/C21H19NO2S/c1-13-3-5-14(6-4-13)17-11-19(23)22-20-18(12-25-21(17)20)15-7-9-16(24-2)10-8-15/h3-10,12,17H,11H2,1-2H3,(H,22,23)/t17-/m1/s1. The quantitative estimate of drug-likeness (QED) is 0.705. The monoisotopic (exact) mass is 349 g/mol. The van der Waals surface area contributed by atoms with Gasteiger partial charge in [0.2, 0.25) is 5.91 Å². The van der Waals surface area contributed by atoms with Gasteiger partial charge in [-0.2, -0.15) is 0 Å². The summed E-state index contributed by atoms with van der Waals surface area (Å²) in [5, 5.41) is 5.23. The van der Waals surface area contributed by atoms with Crippen LogP contribution >= 0.6 is 11.3 Å². The highest BCUT2D eigenvalue weighted by Gasteiger charge is 2.30. The van der Waals surface area contributed by atoms with Gasteiger partial charge in [0, 0.05) is 28.2 Å². The molecule has 1 aliphatic rings. The first-order valence-electron chi connectivity index (χ1n) is 8.28. The number of hydrogen-bond acceptors (Lipinski definition) is 3. The predicted octanol–water partition coefficient (Wildman–Crippen LogP) is 5.21. The number of thiophene rings is 1. The number of carbonyl (C=O) groups is 1. The number of carbonyl (C=O) groups excluding carboxylic acids is 1. The summed E-state index contributed by atoms with van der Waals surface area (Å²) >= 11 is 1.72. The minimum atomic E-state index is 0.0752. The molecule has 0 saturated heterocycles. The van der Waals surface area contributed by atoms with Crippen molar-refractivity contribution in [2.75, 3.05) is 12.4 Å². The van der Waals surface area contributed by atoms with Crippen LogP contribution in [0.4, 0.5) is 5.69 Å². The van der Waals surface area contributed by atoms with Gasteiger partial charge < -0.3 is 10.1 Å². The van der Waals surface area contributed by atoms with Gasteiger partial charge in [-0.15, -0.1) is 11.3 Å². The fourth-order valence-corrected chi connectivity index (χ4v) is 4.44. The summed E-state index contributed by atoms with van der Waals surface area (Å²) in [6.45, 7) is 2.08. The zero-order valence-electron chi connectivity index (χ0n) is 14.2. The van der Waals surface area contributed by atoms with E-state index >= 15 is 0 Å². The maximum Gasteiger partial charge on any atom is 0.225 e. The summed E-state index contributed by atoms with van der Waals surface area (Å²) in [4.78, 5) is 13.6. The number of amides is 1. The number of hydrogen-bond donors (Lipinski definition) is 1. The van der Waals surface area contributed by atoms with E-state index in [0.717, 1.165) is 22.6 Å². The van der Waals surface area contributed by atoms with Gasteiger partial charge in [0.05, 0.1) is 12.8 Å². The lowest BCUT2D eigenvalue weighted by Crippen LogP contribution is -2.22. The average Bonchev–Trinajstić information content (AvgIpc) is 3.05. The van der Waals surface area contributed by atoms with Crippen molar-refractivity contribution < 1.29 is 9.53 Å². The Bertz CT molecular complexity index is 910. The first-order valence-corrected chi connectivity index (χ1v) is 9.16. The van der Waals surface area contributed by atoms with Crippen LogP contribution in [0.15, 0.2) is 53.9 Å². The lowest BCUT2D eigenvalue weighted by molar-refractivity contribution is -0.116. The summed E-state index contributed by atoms with van der Waals surface area (Å²) < 4.78 is 5.23. The Morgan fingerprint density at radius 1 is 1.08 bits per heavy atom. The molecule has 1 amide bonds. The fourth-order valence-electron chi connectivity index (χ4n) is 3.28. The molecule has 0 unspecified atom stereocenters. The van der Waals surface area contributed by atoms with Gasteiger partial charge in [0.1, 0.15) is 5.75 Å². The van der Waals surface area contributed by atoms with Crippen molar-refractivity contribution >= 4 is 22.9 Å². The molecule has 0 aliphatic carbocycles. The molecule has 1 atom stereocenters. The van der Waals surface area contributed by atoms with Crippen molar-refractivity contribution in [1.29, 1.82) is 0 Å².